The van der Waals surface area contributed by atoms with Crippen LogP contribution in [0.1, 0.15) is 55.9 Å². The fraction of sp³-hybridized carbons (Fsp3) is 0.824. The van der Waals surface area contributed by atoms with Crippen LogP contribution < -0.4 is 5.32 Å². The van der Waals surface area contributed by atoms with Crippen LogP contribution in [0.5, 0.6) is 0 Å². The van der Waals surface area contributed by atoms with Crippen molar-refractivity contribution in [2.45, 2.75) is 58.9 Å². The molecule has 1 heterocycles. The van der Waals surface area contributed by atoms with Crippen LogP contribution in [0, 0.1) is 37.0 Å². The molecule has 1 aromatic heterocycles. The van der Waals surface area contributed by atoms with E-state index in [1.54, 1.807) is 0 Å². The lowest BCUT2D eigenvalue weighted by molar-refractivity contribution is -0.0516. The number of hydrogen-bond acceptors (Lipinski definition) is 3. The third kappa shape index (κ3) is 2.20. The van der Waals surface area contributed by atoms with Gasteiger partial charge in [0.05, 0.1) is 12.2 Å². The summed E-state index contributed by atoms with van der Waals surface area (Å²) in [6.07, 6.45) is 8.98. The van der Waals surface area contributed by atoms with E-state index in [9.17, 15) is 0 Å². The first-order valence-corrected chi connectivity index (χ1v) is 8.25. The molecule has 4 saturated carbocycles. The van der Waals surface area contributed by atoms with Crippen molar-refractivity contribution >= 4 is 0 Å². The van der Waals surface area contributed by atoms with E-state index < -0.39 is 0 Å². The Morgan fingerprint density at radius 3 is 2.20 bits per heavy atom. The highest BCUT2D eigenvalue weighted by Gasteiger charge is 2.50. The number of nitrogens with zero attached hydrogens (tertiary/aromatic N) is 1. The van der Waals surface area contributed by atoms with Gasteiger partial charge >= 0.3 is 0 Å². The Morgan fingerprint density at radius 1 is 1.10 bits per heavy atom. The van der Waals surface area contributed by atoms with Crippen LogP contribution in [0.25, 0.3) is 0 Å². The van der Waals surface area contributed by atoms with Gasteiger partial charge in [0.2, 0.25) is 5.89 Å². The summed E-state index contributed by atoms with van der Waals surface area (Å²) in [7, 11) is 0. The number of aryl methyl sites for hydroxylation is 2. The molecule has 0 atom stereocenters. The Morgan fingerprint density at radius 2 is 1.70 bits per heavy atom. The van der Waals surface area contributed by atoms with E-state index in [4.69, 9.17) is 4.42 Å². The third-order valence-electron chi connectivity index (χ3n) is 6.01. The van der Waals surface area contributed by atoms with Crippen molar-refractivity contribution in [2.24, 2.45) is 23.2 Å². The average molecular weight is 274 g/mol. The van der Waals surface area contributed by atoms with Crippen molar-refractivity contribution in [3.8, 4) is 0 Å². The summed E-state index contributed by atoms with van der Waals surface area (Å²) in [5.41, 5.74) is 1.63. The minimum Gasteiger partial charge on any atom is -0.444 e. The molecule has 1 aromatic rings. The minimum atomic E-state index is 0.603. The summed E-state index contributed by atoms with van der Waals surface area (Å²) in [5, 5.41) is 3.64. The van der Waals surface area contributed by atoms with Crippen molar-refractivity contribution in [1.29, 1.82) is 0 Å². The second-order valence-corrected chi connectivity index (χ2v) is 7.77. The van der Waals surface area contributed by atoms with E-state index in [0.29, 0.717) is 5.41 Å². The summed E-state index contributed by atoms with van der Waals surface area (Å²) in [4.78, 5) is 4.46. The predicted octanol–water partition coefficient (Wildman–Crippen LogP) is 3.60. The quantitative estimate of drug-likeness (QED) is 0.911. The molecule has 3 heteroatoms. The number of aromatic nitrogens is 1. The topological polar surface area (TPSA) is 38.1 Å². The molecule has 20 heavy (non-hydrogen) atoms. The SMILES string of the molecule is Cc1nc(CNCC23CC4CC(CC(C4)C2)C3)oc1C. The van der Waals surface area contributed by atoms with Gasteiger partial charge in [-0.15, -0.1) is 0 Å². The summed E-state index contributed by atoms with van der Waals surface area (Å²) in [6, 6.07) is 0. The zero-order chi connectivity index (χ0) is 13.7. The lowest BCUT2D eigenvalue weighted by Gasteiger charge is -2.57. The highest BCUT2D eigenvalue weighted by Crippen LogP contribution is 2.59. The second-order valence-electron chi connectivity index (χ2n) is 7.77. The first-order valence-electron chi connectivity index (χ1n) is 8.25. The van der Waals surface area contributed by atoms with Gasteiger partial charge in [-0.2, -0.15) is 0 Å². The van der Waals surface area contributed by atoms with Crippen molar-refractivity contribution in [3.63, 3.8) is 0 Å². The minimum absolute atomic E-state index is 0.603. The van der Waals surface area contributed by atoms with Gasteiger partial charge in [-0.3, -0.25) is 0 Å². The van der Waals surface area contributed by atoms with Gasteiger partial charge in [0, 0.05) is 6.54 Å². The largest absolute Gasteiger partial charge is 0.444 e. The van der Waals surface area contributed by atoms with Gasteiger partial charge in [0.1, 0.15) is 5.76 Å². The molecule has 4 bridgehead atoms. The first kappa shape index (κ1) is 12.9. The molecule has 0 spiro atoms. The van der Waals surface area contributed by atoms with E-state index in [1.807, 2.05) is 13.8 Å². The molecule has 0 saturated heterocycles. The maximum Gasteiger partial charge on any atom is 0.208 e. The first-order chi connectivity index (χ1) is 9.62. The smallest absolute Gasteiger partial charge is 0.208 e. The fourth-order valence-electron chi connectivity index (χ4n) is 5.56. The van der Waals surface area contributed by atoms with Gasteiger partial charge in [0.15, 0.2) is 0 Å². The number of oxazole rings is 1. The van der Waals surface area contributed by atoms with Crippen LogP contribution in [0.3, 0.4) is 0 Å². The Balaban J connectivity index is 1.37. The van der Waals surface area contributed by atoms with Crippen LogP contribution in [0.2, 0.25) is 0 Å². The summed E-state index contributed by atoms with van der Waals surface area (Å²) in [5.74, 6) is 4.92. The monoisotopic (exact) mass is 274 g/mol. The molecule has 3 nitrogen and oxygen atoms in total. The number of hydrogen-bond donors (Lipinski definition) is 1. The molecule has 0 aromatic carbocycles. The number of nitrogens with one attached hydrogen (secondary N) is 1. The standard InChI is InChI=1S/C17H26N2O/c1-11-12(2)20-16(19-11)9-18-10-17-6-13-3-14(7-17)5-15(4-13)8-17/h13-15,18H,3-10H2,1-2H3. The maximum atomic E-state index is 5.66. The van der Waals surface area contributed by atoms with Gasteiger partial charge in [-0.1, -0.05) is 0 Å². The highest BCUT2D eigenvalue weighted by molar-refractivity contribution is 5.06. The van der Waals surface area contributed by atoms with Crippen LogP contribution in [-0.4, -0.2) is 11.5 Å². The predicted molar refractivity (Wildman–Crippen MR) is 78.3 cm³/mol. The van der Waals surface area contributed by atoms with E-state index >= 15 is 0 Å². The molecular weight excluding hydrogens is 248 g/mol. The molecule has 4 aliphatic rings. The van der Waals surface area contributed by atoms with Gasteiger partial charge in [-0.25, -0.2) is 4.98 Å². The molecule has 0 radical (unpaired) electrons. The van der Waals surface area contributed by atoms with E-state index in [2.05, 4.69) is 10.3 Å². The molecular formula is C17H26N2O. The van der Waals surface area contributed by atoms with E-state index in [1.165, 1.54) is 38.5 Å². The Bertz CT molecular complexity index is 450. The molecule has 0 amide bonds. The van der Waals surface area contributed by atoms with Crippen LogP contribution >= 0.6 is 0 Å². The van der Waals surface area contributed by atoms with E-state index in [0.717, 1.165) is 48.2 Å². The molecule has 4 fully saturated rings. The van der Waals surface area contributed by atoms with Crippen LogP contribution in [0.4, 0.5) is 0 Å². The Kier molecular flexibility index (Phi) is 2.95. The molecule has 0 aliphatic heterocycles. The third-order valence-corrected chi connectivity index (χ3v) is 6.01. The van der Waals surface area contributed by atoms with E-state index in [-0.39, 0.29) is 0 Å². The normalized spacial score (nSPS) is 38.6. The van der Waals surface area contributed by atoms with Gasteiger partial charge in [0.25, 0.3) is 0 Å². The summed E-state index contributed by atoms with van der Waals surface area (Å²) < 4.78 is 5.66. The molecule has 0 unspecified atom stereocenters. The Hall–Kier alpha value is -0.830. The summed E-state index contributed by atoms with van der Waals surface area (Å²) in [6.45, 7) is 5.96. The van der Waals surface area contributed by atoms with Gasteiger partial charge < -0.3 is 9.73 Å². The van der Waals surface area contributed by atoms with Crippen molar-refractivity contribution in [2.75, 3.05) is 6.54 Å². The van der Waals surface area contributed by atoms with Crippen LogP contribution in [-0.2, 0) is 6.54 Å². The zero-order valence-corrected chi connectivity index (χ0v) is 12.7. The van der Waals surface area contributed by atoms with Crippen molar-refractivity contribution in [3.05, 3.63) is 17.3 Å². The van der Waals surface area contributed by atoms with Crippen LogP contribution in [0.15, 0.2) is 4.42 Å². The van der Waals surface area contributed by atoms with Crippen molar-refractivity contribution < 1.29 is 4.42 Å². The zero-order valence-electron chi connectivity index (χ0n) is 12.7. The molecule has 1 N–H and O–H groups in total. The lowest BCUT2D eigenvalue weighted by atomic mass is 9.49. The summed E-state index contributed by atoms with van der Waals surface area (Å²) >= 11 is 0. The lowest BCUT2D eigenvalue weighted by Crippen LogP contribution is -2.50. The number of rotatable bonds is 4. The van der Waals surface area contributed by atoms with Gasteiger partial charge in [-0.05, 0) is 75.5 Å². The maximum absolute atomic E-state index is 5.66. The average Bonchev–Trinajstić information content (AvgIpc) is 2.66. The second kappa shape index (κ2) is 4.59. The Labute approximate surface area is 121 Å². The molecule has 5 rings (SSSR count). The highest BCUT2D eigenvalue weighted by atomic mass is 16.4. The molecule has 4 aliphatic carbocycles. The van der Waals surface area contributed by atoms with Crippen molar-refractivity contribution in [1.82, 2.24) is 10.3 Å². The fourth-order valence-corrected chi connectivity index (χ4v) is 5.56. The molecule has 110 valence electrons.